The van der Waals surface area contributed by atoms with Gasteiger partial charge in [-0.1, -0.05) is 42.5 Å². The molecule has 62 valence electrons. The van der Waals surface area contributed by atoms with Crippen LogP contribution in [0.3, 0.4) is 0 Å². The largest absolute Gasteiger partial charge is 0.322 e. The average molecular weight is 159 g/mol. The molecule has 1 aromatic carbocycles. The van der Waals surface area contributed by atoms with Crippen LogP contribution in [0, 0.1) is 0 Å². The summed E-state index contributed by atoms with van der Waals surface area (Å²) < 4.78 is 0. The summed E-state index contributed by atoms with van der Waals surface area (Å²) in [6.45, 7) is 0. The number of rotatable bonds is 2. The first-order valence-electron chi connectivity index (χ1n) is 4.32. The maximum absolute atomic E-state index is 5.91. The second kappa shape index (κ2) is 2.76. The van der Waals surface area contributed by atoms with Crippen LogP contribution in [0.25, 0.3) is 6.08 Å². The third kappa shape index (κ3) is 1.74. The first-order chi connectivity index (χ1) is 5.79. The molecule has 0 atom stereocenters. The Balaban J connectivity index is 2.08. The lowest BCUT2D eigenvalue weighted by Crippen LogP contribution is -2.17. The smallest absolute Gasteiger partial charge is 0.0343 e. The lowest BCUT2D eigenvalue weighted by atomic mass is 10.1. The molecule has 0 radical (unpaired) electrons. The number of nitrogens with two attached hydrogens (primary N) is 1. The minimum Gasteiger partial charge on any atom is -0.322 e. The maximum atomic E-state index is 5.91. The molecular formula is C11H13N. The molecule has 1 fully saturated rings. The molecule has 1 saturated carbocycles. The minimum absolute atomic E-state index is 0.0237. The Bertz CT molecular complexity index is 283. The third-order valence-electron chi connectivity index (χ3n) is 2.23. The van der Waals surface area contributed by atoms with Crippen LogP contribution in [0.1, 0.15) is 18.4 Å². The van der Waals surface area contributed by atoms with E-state index in [-0.39, 0.29) is 5.54 Å². The molecule has 0 saturated heterocycles. The van der Waals surface area contributed by atoms with E-state index >= 15 is 0 Å². The van der Waals surface area contributed by atoms with Gasteiger partial charge in [0, 0.05) is 5.54 Å². The first-order valence-corrected chi connectivity index (χ1v) is 4.32. The van der Waals surface area contributed by atoms with E-state index in [1.54, 1.807) is 0 Å². The van der Waals surface area contributed by atoms with Crippen molar-refractivity contribution in [3.8, 4) is 0 Å². The van der Waals surface area contributed by atoms with E-state index in [4.69, 9.17) is 5.73 Å². The SMILES string of the molecule is NC1(C=Cc2ccccc2)CC1. The molecule has 2 rings (SSSR count). The highest BCUT2D eigenvalue weighted by Gasteiger charge is 2.34. The van der Waals surface area contributed by atoms with Gasteiger partial charge in [-0.3, -0.25) is 0 Å². The summed E-state index contributed by atoms with van der Waals surface area (Å²) in [5, 5.41) is 0. The quantitative estimate of drug-likeness (QED) is 0.703. The summed E-state index contributed by atoms with van der Waals surface area (Å²) >= 11 is 0. The van der Waals surface area contributed by atoms with Gasteiger partial charge >= 0.3 is 0 Å². The highest BCUT2D eigenvalue weighted by molar-refractivity contribution is 5.51. The second-order valence-electron chi connectivity index (χ2n) is 3.48. The lowest BCUT2D eigenvalue weighted by Gasteiger charge is -1.98. The zero-order valence-electron chi connectivity index (χ0n) is 7.03. The summed E-state index contributed by atoms with van der Waals surface area (Å²) in [6, 6.07) is 10.3. The monoisotopic (exact) mass is 159 g/mol. The summed E-state index contributed by atoms with van der Waals surface area (Å²) in [5.41, 5.74) is 7.16. The summed E-state index contributed by atoms with van der Waals surface area (Å²) in [4.78, 5) is 0. The lowest BCUT2D eigenvalue weighted by molar-refractivity contribution is 0.860. The molecule has 0 amide bonds. The van der Waals surface area contributed by atoms with E-state index in [9.17, 15) is 0 Å². The highest BCUT2D eigenvalue weighted by atomic mass is 14.8. The van der Waals surface area contributed by atoms with Crippen molar-refractivity contribution in [2.75, 3.05) is 0 Å². The summed E-state index contributed by atoms with van der Waals surface area (Å²) in [5.74, 6) is 0. The normalized spacial score (nSPS) is 19.8. The fraction of sp³-hybridized carbons (Fsp3) is 0.273. The molecule has 1 aliphatic carbocycles. The summed E-state index contributed by atoms with van der Waals surface area (Å²) in [7, 11) is 0. The van der Waals surface area contributed by atoms with Crippen LogP contribution in [0.15, 0.2) is 36.4 Å². The van der Waals surface area contributed by atoms with Crippen molar-refractivity contribution in [1.29, 1.82) is 0 Å². The molecule has 1 aromatic rings. The van der Waals surface area contributed by atoms with Crippen LogP contribution in [-0.2, 0) is 0 Å². The Morgan fingerprint density at radius 3 is 2.42 bits per heavy atom. The molecule has 0 bridgehead atoms. The molecule has 2 N–H and O–H groups in total. The van der Waals surface area contributed by atoms with E-state index in [2.05, 4.69) is 24.3 Å². The number of hydrogen-bond acceptors (Lipinski definition) is 1. The van der Waals surface area contributed by atoms with Crippen LogP contribution in [0.2, 0.25) is 0 Å². The third-order valence-corrected chi connectivity index (χ3v) is 2.23. The Labute approximate surface area is 72.9 Å². The van der Waals surface area contributed by atoms with Gasteiger partial charge in [0.1, 0.15) is 0 Å². The van der Waals surface area contributed by atoms with Gasteiger partial charge in [0.15, 0.2) is 0 Å². The Morgan fingerprint density at radius 2 is 1.83 bits per heavy atom. The van der Waals surface area contributed by atoms with Crippen LogP contribution >= 0.6 is 0 Å². The number of hydrogen-bond donors (Lipinski definition) is 1. The van der Waals surface area contributed by atoms with E-state index in [1.807, 2.05) is 18.2 Å². The molecule has 0 aromatic heterocycles. The van der Waals surface area contributed by atoms with Crippen molar-refractivity contribution < 1.29 is 0 Å². The van der Waals surface area contributed by atoms with Crippen molar-refractivity contribution in [3.63, 3.8) is 0 Å². The topological polar surface area (TPSA) is 26.0 Å². The molecular weight excluding hydrogens is 146 g/mol. The molecule has 0 unspecified atom stereocenters. The van der Waals surface area contributed by atoms with Crippen molar-refractivity contribution in [2.45, 2.75) is 18.4 Å². The van der Waals surface area contributed by atoms with Gasteiger partial charge in [0.05, 0.1) is 0 Å². The predicted octanol–water partition coefficient (Wildman–Crippen LogP) is 2.19. The van der Waals surface area contributed by atoms with E-state index in [0.29, 0.717) is 0 Å². The molecule has 0 aliphatic heterocycles. The van der Waals surface area contributed by atoms with Gasteiger partial charge in [-0.15, -0.1) is 0 Å². The molecule has 12 heavy (non-hydrogen) atoms. The van der Waals surface area contributed by atoms with Gasteiger partial charge in [0.2, 0.25) is 0 Å². The van der Waals surface area contributed by atoms with Crippen molar-refractivity contribution in [2.24, 2.45) is 5.73 Å². The van der Waals surface area contributed by atoms with Crippen molar-refractivity contribution in [3.05, 3.63) is 42.0 Å². The minimum atomic E-state index is 0.0237. The van der Waals surface area contributed by atoms with Gasteiger partial charge < -0.3 is 5.73 Å². The van der Waals surface area contributed by atoms with Crippen LogP contribution in [0.5, 0.6) is 0 Å². The van der Waals surface area contributed by atoms with Crippen molar-refractivity contribution in [1.82, 2.24) is 0 Å². The Kier molecular flexibility index (Phi) is 1.74. The van der Waals surface area contributed by atoms with E-state index in [1.165, 1.54) is 5.56 Å². The molecule has 1 aliphatic rings. The summed E-state index contributed by atoms with van der Waals surface area (Å²) in [6.07, 6.45) is 6.49. The molecule has 0 heterocycles. The molecule has 1 heteroatoms. The van der Waals surface area contributed by atoms with Crippen LogP contribution in [0.4, 0.5) is 0 Å². The number of benzene rings is 1. The van der Waals surface area contributed by atoms with Gasteiger partial charge in [-0.05, 0) is 18.4 Å². The molecule has 1 nitrogen and oxygen atoms in total. The Hall–Kier alpha value is -1.08. The second-order valence-corrected chi connectivity index (χ2v) is 3.48. The zero-order valence-corrected chi connectivity index (χ0v) is 7.03. The zero-order chi connectivity index (χ0) is 8.44. The first kappa shape index (κ1) is 7.56. The van der Waals surface area contributed by atoms with Crippen LogP contribution in [-0.4, -0.2) is 5.54 Å². The average Bonchev–Trinajstić information content (AvgIpc) is 2.84. The maximum Gasteiger partial charge on any atom is 0.0343 e. The Morgan fingerprint density at radius 1 is 1.17 bits per heavy atom. The molecule has 0 spiro atoms. The van der Waals surface area contributed by atoms with E-state index < -0.39 is 0 Å². The van der Waals surface area contributed by atoms with Gasteiger partial charge in [-0.25, -0.2) is 0 Å². The van der Waals surface area contributed by atoms with Crippen LogP contribution < -0.4 is 5.73 Å². The fourth-order valence-electron chi connectivity index (χ4n) is 1.14. The van der Waals surface area contributed by atoms with Crippen molar-refractivity contribution >= 4 is 6.08 Å². The van der Waals surface area contributed by atoms with Gasteiger partial charge in [0.25, 0.3) is 0 Å². The van der Waals surface area contributed by atoms with Gasteiger partial charge in [-0.2, -0.15) is 0 Å². The highest BCUT2D eigenvalue weighted by Crippen LogP contribution is 2.33. The van der Waals surface area contributed by atoms with E-state index in [0.717, 1.165) is 12.8 Å². The fourth-order valence-corrected chi connectivity index (χ4v) is 1.14. The standard InChI is InChI=1S/C11H13N/c12-11(8-9-11)7-6-10-4-2-1-3-5-10/h1-7H,8-9,12H2. The predicted molar refractivity (Wildman–Crippen MR) is 51.6 cm³/mol.